The molecule has 34 heavy (non-hydrogen) atoms. The number of anilines is 2. The monoisotopic (exact) mass is 469 g/mol. The normalized spacial score (nSPS) is 13.9. The van der Waals surface area contributed by atoms with Gasteiger partial charge in [-0.1, -0.05) is 30.3 Å². The Balaban J connectivity index is 1.39. The molecule has 0 atom stereocenters. The highest BCUT2D eigenvalue weighted by atomic mass is 32.1. The molecule has 1 aliphatic heterocycles. The summed E-state index contributed by atoms with van der Waals surface area (Å²) < 4.78 is 7.45. The smallest absolute Gasteiger partial charge is 0.170 e. The largest absolute Gasteiger partial charge is 0.378 e. The minimum atomic E-state index is 0.612. The predicted molar refractivity (Wildman–Crippen MR) is 135 cm³/mol. The Kier molecular flexibility index (Phi) is 5.62. The number of thiophene rings is 1. The maximum Gasteiger partial charge on any atom is 0.170 e. The van der Waals surface area contributed by atoms with Gasteiger partial charge in [0.25, 0.3) is 0 Å². The van der Waals surface area contributed by atoms with Gasteiger partial charge in [0.1, 0.15) is 12.1 Å². The first-order valence-electron chi connectivity index (χ1n) is 11.2. The van der Waals surface area contributed by atoms with Crippen LogP contribution in [0, 0.1) is 0 Å². The molecule has 8 nitrogen and oxygen atoms in total. The van der Waals surface area contributed by atoms with Crippen LogP contribution in [0.5, 0.6) is 0 Å². The number of nitrogens with one attached hydrogen (secondary N) is 1. The second-order valence-corrected chi connectivity index (χ2v) is 8.79. The minimum absolute atomic E-state index is 0.612. The van der Waals surface area contributed by atoms with Crippen LogP contribution in [0.1, 0.15) is 5.56 Å². The predicted octanol–water partition coefficient (Wildman–Crippen LogP) is 4.39. The zero-order chi connectivity index (χ0) is 22.7. The van der Waals surface area contributed by atoms with Gasteiger partial charge in [-0.25, -0.2) is 19.9 Å². The van der Waals surface area contributed by atoms with E-state index in [0.717, 1.165) is 54.5 Å². The molecule has 5 aromatic rings. The average Bonchev–Trinajstić information content (AvgIpc) is 3.58. The highest BCUT2D eigenvalue weighted by Gasteiger charge is 2.17. The van der Waals surface area contributed by atoms with Gasteiger partial charge < -0.3 is 15.0 Å². The van der Waals surface area contributed by atoms with Gasteiger partial charge in [-0.15, -0.1) is 0 Å². The summed E-state index contributed by atoms with van der Waals surface area (Å²) in [4.78, 5) is 21.3. The molecule has 1 saturated heterocycles. The number of imidazole rings is 1. The quantitative estimate of drug-likeness (QED) is 0.395. The summed E-state index contributed by atoms with van der Waals surface area (Å²) in [6.45, 7) is 3.80. The molecular formula is C25H23N7OS. The fourth-order valence-corrected chi connectivity index (χ4v) is 4.64. The maximum atomic E-state index is 5.45. The molecule has 5 heterocycles. The molecule has 0 unspecified atom stereocenters. The number of rotatable bonds is 6. The van der Waals surface area contributed by atoms with Crippen molar-refractivity contribution in [2.24, 2.45) is 0 Å². The molecule has 1 aromatic carbocycles. The molecule has 1 aliphatic rings. The van der Waals surface area contributed by atoms with Gasteiger partial charge in [0.15, 0.2) is 22.8 Å². The first kappa shape index (κ1) is 20.8. The fraction of sp³-hybridized carbons (Fsp3) is 0.200. The Morgan fingerprint density at radius 2 is 1.85 bits per heavy atom. The van der Waals surface area contributed by atoms with Crippen molar-refractivity contribution in [2.45, 2.75) is 6.54 Å². The van der Waals surface area contributed by atoms with Gasteiger partial charge in [-0.05, 0) is 29.1 Å². The van der Waals surface area contributed by atoms with Gasteiger partial charge in [-0.3, -0.25) is 4.57 Å². The van der Waals surface area contributed by atoms with E-state index >= 15 is 0 Å². The minimum Gasteiger partial charge on any atom is -0.378 e. The van der Waals surface area contributed by atoms with Crippen LogP contribution in [-0.4, -0.2) is 50.8 Å². The second-order valence-electron chi connectivity index (χ2n) is 8.01. The number of morpholine rings is 1. The summed E-state index contributed by atoms with van der Waals surface area (Å²) in [7, 11) is 0. The second kappa shape index (κ2) is 9.20. The Bertz CT molecular complexity index is 1380. The lowest BCUT2D eigenvalue weighted by Gasteiger charge is -2.27. The van der Waals surface area contributed by atoms with Crippen LogP contribution in [0.15, 0.2) is 71.8 Å². The molecule has 0 aliphatic carbocycles. The number of ether oxygens (including phenoxy) is 1. The standard InChI is InChI=1S/C25H23N7OS/c1-2-4-18(5-3-1)14-27-24-22-25(32(17-28-22)20-8-13-34-16-20)30-23(29-24)19-6-7-21(26-15-19)31-9-11-33-12-10-31/h1-8,13,15-17H,9-12,14H2,(H,27,29,30). The lowest BCUT2D eigenvalue weighted by molar-refractivity contribution is 0.122. The first-order valence-corrected chi connectivity index (χ1v) is 12.1. The molecule has 4 aromatic heterocycles. The van der Waals surface area contributed by atoms with Crippen molar-refractivity contribution in [3.63, 3.8) is 0 Å². The van der Waals surface area contributed by atoms with Gasteiger partial charge in [0.05, 0.1) is 18.9 Å². The number of aromatic nitrogens is 5. The van der Waals surface area contributed by atoms with Crippen molar-refractivity contribution in [1.82, 2.24) is 24.5 Å². The van der Waals surface area contributed by atoms with E-state index in [0.29, 0.717) is 18.2 Å². The van der Waals surface area contributed by atoms with Crippen molar-refractivity contribution in [3.05, 3.63) is 77.4 Å². The SMILES string of the molecule is c1ccc(CNc2nc(-c3ccc(N4CCOCC4)nc3)nc3c2ncn3-c2ccsc2)cc1. The molecule has 0 saturated carbocycles. The zero-order valence-corrected chi connectivity index (χ0v) is 19.3. The van der Waals surface area contributed by atoms with Crippen LogP contribution in [-0.2, 0) is 11.3 Å². The Morgan fingerprint density at radius 1 is 0.971 bits per heavy atom. The van der Waals surface area contributed by atoms with Gasteiger partial charge in [0, 0.05) is 36.8 Å². The average molecular weight is 470 g/mol. The molecule has 1 fully saturated rings. The van der Waals surface area contributed by atoms with E-state index in [1.807, 2.05) is 46.5 Å². The molecular weight excluding hydrogens is 446 g/mol. The molecule has 0 radical (unpaired) electrons. The third-order valence-electron chi connectivity index (χ3n) is 5.82. The van der Waals surface area contributed by atoms with Gasteiger partial charge >= 0.3 is 0 Å². The summed E-state index contributed by atoms with van der Waals surface area (Å²) in [5, 5.41) is 7.60. The lowest BCUT2D eigenvalue weighted by Crippen LogP contribution is -2.36. The number of pyridine rings is 1. The summed E-state index contributed by atoms with van der Waals surface area (Å²) in [6, 6.07) is 16.4. The van der Waals surface area contributed by atoms with Crippen LogP contribution in [0.4, 0.5) is 11.6 Å². The van der Waals surface area contributed by atoms with Crippen molar-refractivity contribution in [3.8, 4) is 17.1 Å². The van der Waals surface area contributed by atoms with Crippen LogP contribution in [0.2, 0.25) is 0 Å². The molecule has 0 amide bonds. The van der Waals surface area contributed by atoms with Crippen molar-refractivity contribution < 1.29 is 4.74 Å². The zero-order valence-electron chi connectivity index (χ0n) is 18.5. The molecule has 0 spiro atoms. The van der Waals surface area contributed by atoms with E-state index in [9.17, 15) is 0 Å². The summed E-state index contributed by atoms with van der Waals surface area (Å²) in [5.74, 6) is 2.26. The Labute approximate surface area is 200 Å². The number of fused-ring (bicyclic) bond motifs is 1. The van der Waals surface area contributed by atoms with Crippen molar-refractivity contribution in [1.29, 1.82) is 0 Å². The summed E-state index contributed by atoms with van der Waals surface area (Å²) >= 11 is 1.64. The van der Waals surface area contributed by atoms with E-state index in [2.05, 4.69) is 38.8 Å². The topological polar surface area (TPSA) is 81.0 Å². The van der Waals surface area contributed by atoms with Crippen molar-refractivity contribution >= 4 is 34.1 Å². The van der Waals surface area contributed by atoms with E-state index < -0.39 is 0 Å². The number of nitrogens with zero attached hydrogens (tertiary/aromatic N) is 6. The maximum absolute atomic E-state index is 5.45. The highest BCUT2D eigenvalue weighted by molar-refractivity contribution is 7.08. The first-order chi connectivity index (χ1) is 16.8. The van der Waals surface area contributed by atoms with E-state index in [1.165, 1.54) is 5.56 Å². The van der Waals surface area contributed by atoms with Crippen LogP contribution < -0.4 is 10.2 Å². The van der Waals surface area contributed by atoms with Crippen molar-refractivity contribution in [2.75, 3.05) is 36.5 Å². The fourth-order valence-electron chi connectivity index (χ4n) is 4.02. The molecule has 9 heteroatoms. The van der Waals surface area contributed by atoms with E-state index in [4.69, 9.17) is 19.7 Å². The van der Waals surface area contributed by atoms with Crippen LogP contribution >= 0.6 is 11.3 Å². The summed E-state index contributed by atoms with van der Waals surface area (Å²) in [5.41, 5.74) is 4.57. The van der Waals surface area contributed by atoms with Crippen LogP contribution in [0.25, 0.3) is 28.2 Å². The molecule has 0 bridgehead atoms. The van der Waals surface area contributed by atoms with Gasteiger partial charge in [0.2, 0.25) is 0 Å². The number of hydrogen-bond acceptors (Lipinski definition) is 8. The third-order valence-corrected chi connectivity index (χ3v) is 6.50. The highest BCUT2D eigenvalue weighted by Crippen LogP contribution is 2.27. The van der Waals surface area contributed by atoms with E-state index in [1.54, 1.807) is 17.7 Å². The number of hydrogen-bond donors (Lipinski definition) is 1. The van der Waals surface area contributed by atoms with E-state index in [-0.39, 0.29) is 0 Å². The third kappa shape index (κ3) is 4.11. The summed E-state index contributed by atoms with van der Waals surface area (Å²) in [6.07, 6.45) is 3.65. The number of benzene rings is 1. The Morgan fingerprint density at radius 3 is 2.62 bits per heavy atom. The van der Waals surface area contributed by atoms with Crippen LogP contribution in [0.3, 0.4) is 0 Å². The molecule has 1 N–H and O–H groups in total. The Hall–Kier alpha value is -3.82. The lowest BCUT2D eigenvalue weighted by atomic mass is 10.2. The molecule has 6 rings (SSSR count). The molecule has 170 valence electrons. The van der Waals surface area contributed by atoms with Gasteiger partial charge in [-0.2, -0.15) is 11.3 Å².